The van der Waals surface area contributed by atoms with Crippen LogP contribution in [-0.4, -0.2) is 56.8 Å². The van der Waals surface area contributed by atoms with Gasteiger partial charge in [-0.15, -0.1) is 0 Å². The van der Waals surface area contributed by atoms with Crippen molar-refractivity contribution in [2.75, 3.05) is 13.1 Å². The molecule has 2 amide bonds. The molecule has 0 radical (unpaired) electrons. The summed E-state index contributed by atoms with van der Waals surface area (Å²) in [7, 11) is 1.79. The predicted molar refractivity (Wildman–Crippen MR) is 100.0 cm³/mol. The van der Waals surface area contributed by atoms with E-state index < -0.39 is 6.10 Å². The summed E-state index contributed by atoms with van der Waals surface area (Å²) in [6, 6.07) is -0.387. The summed E-state index contributed by atoms with van der Waals surface area (Å²) in [6.07, 6.45) is 6.50. The summed E-state index contributed by atoms with van der Waals surface area (Å²) in [4.78, 5) is 27.6. The van der Waals surface area contributed by atoms with E-state index in [0.717, 1.165) is 18.8 Å². The SMILES string of the molecule is Cc1c(C(=O)N[C@@H]2C[C@@H](C(=O)N3C[C@H]4CCC[C@H]4C3)CC[C@H]2O)cnn1C. The van der Waals surface area contributed by atoms with E-state index in [4.69, 9.17) is 0 Å². The number of carbonyl (C=O) groups is 2. The third-order valence-corrected chi connectivity index (χ3v) is 7.00. The molecule has 1 aromatic rings. The lowest BCUT2D eigenvalue weighted by Crippen LogP contribution is -2.50. The van der Waals surface area contributed by atoms with Gasteiger partial charge in [-0.1, -0.05) is 6.42 Å². The molecule has 1 aliphatic heterocycles. The number of rotatable bonds is 3. The molecule has 2 heterocycles. The lowest BCUT2D eigenvalue weighted by Gasteiger charge is -2.35. The number of nitrogens with zero attached hydrogens (tertiary/aromatic N) is 3. The highest BCUT2D eigenvalue weighted by Crippen LogP contribution is 2.39. The summed E-state index contributed by atoms with van der Waals surface area (Å²) in [6.45, 7) is 3.64. The van der Waals surface area contributed by atoms with Crippen molar-refractivity contribution in [3.63, 3.8) is 0 Å². The Hall–Kier alpha value is -1.89. The second kappa shape index (κ2) is 7.26. The molecule has 27 heavy (non-hydrogen) atoms. The van der Waals surface area contributed by atoms with Gasteiger partial charge in [-0.3, -0.25) is 14.3 Å². The van der Waals surface area contributed by atoms with Gasteiger partial charge < -0.3 is 15.3 Å². The average Bonchev–Trinajstić information content (AvgIpc) is 3.32. The van der Waals surface area contributed by atoms with E-state index in [1.54, 1.807) is 17.9 Å². The summed E-state index contributed by atoms with van der Waals surface area (Å²) < 4.78 is 1.66. The lowest BCUT2D eigenvalue weighted by atomic mass is 9.82. The molecule has 7 nitrogen and oxygen atoms in total. The maximum atomic E-state index is 13.0. The number of hydrogen-bond acceptors (Lipinski definition) is 4. The molecule has 2 aliphatic carbocycles. The molecule has 5 atom stereocenters. The van der Waals surface area contributed by atoms with Gasteiger partial charge in [-0.25, -0.2) is 0 Å². The fourth-order valence-electron chi connectivity index (χ4n) is 5.17. The fourth-order valence-corrected chi connectivity index (χ4v) is 5.17. The molecule has 7 heteroatoms. The molecule has 2 N–H and O–H groups in total. The first kappa shape index (κ1) is 18.5. The summed E-state index contributed by atoms with van der Waals surface area (Å²) in [5.41, 5.74) is 1.31. The number of carbonyl (C=O) groups excluding carboxylic acids is 2. The van der Waals surface area contributed by atoms with E-state index in [2.05, 4.69) is 10.4 Å². The monoisotopic (exact) mass is 374 g/mol. The molecule has 1 aromatic heterocycles. The molecule has 0 spiro atoms. The Labute approximate surface area is 160 Å². The highest BCUT2D eigenvalue weighted by molar-refractivity contribution is 5.95. The summed E-state index contributed by atoms with van der Waals surface area (Å²) in [5, 5.41) is 17.4. The van der Waals surface area contributed by atoms with Crippen molar-refractivity contribution in [3.8, 4) is 0 Å². The Balaban J connectivity index is 1.38. The van der Waals surface area contributed by atoms with Crippen LogP contribution < -0.4 is 5.32 Å². The highest BCUT2D eigenvalue weighted by Gasteiger charge is 2.42. The van der Waals surface area contributed by atoms with Gasteiger partial charge in [0.05, 0.1) is 23.9 Å². The van der Waals surface area contributed by atoms with Crippen LogP contribution >= 0.6 is 0 Å². The number of fused-ring (bicyclic) bond motifs is 1. The molecule has 4 rings (SSSR count). The largest absolute Gasteiger partial charge is 0.391 e. The molecule has 0 bridgehead atoms. The molecule has 2 saturated carbocycles. The van der Waals surface area contributed by atoms with Crippen molar-refractivity contribution in [3.05, 3.63) is 17.5 Å². The molecule has 0 unspecified atom stereocenters. The van der Waals surface area contributed by atoms with Gasteiger partial charge in [-0.2, -0.15) is 5.10 Å². The van der Waals surface area contributed by atoms with E-state index in [9.17, 15) is 14.7 Å². The number of likely N-dealkylation sites (tertiary alicyclic amines) is 1. The smallest absolute Gasteiger partial charge is 0.255 e. The second-order valence-electron chi connectivity index (χ2n) is 8.62. The van der Waals surface area contributed by atoms with E-state index in [1.807, 2.05) is 11.8 Å². The number of aliphatic hydroxyl groups excluding tert-OH is 1. The van der Waals surface area contributed by atoms with E-state index in [0.29, 0.717) is 36.7 Å². The Morgan fingerprint density at radius 1 is 1.19 bits per heavy atom. The third-order valence-electron chi connectivity index (χ3n) is 7.00. The van der Waals surface area contributed by atoms with Crippen LogP contribution in [0.1, 0.15) is 54.6 Å². The molecular formula is C20H30N4O3. The minimum absolute atomic E-state index is 0.104. The van der Waals surface area contributed by atoms with Gasteiger partial charge in [0.25, 0.3) is 5.91 Å². The van der Waals surface area contributed by atoms with Crippen LogP contribution in [0, 0.1) is 24.7 Å². The average molecular weight is 374 g/mol. The zero-order valence-corrected chi connectivity index (χ0v) is 16.2. The lowest BCUT2D eigenvalue weighted by molar-refractivity contribution is -0.137. The van der Waals surface area contributed by atoms with Crippen LogP contribution in [0.3, 0.4) is 0 Å². The molecular weight excluding hydrogens is 344 g/mol. The predicted octanol–water partition coefficient (Wildman–Crippen LogP) is 1.25. The van der Waals surface area contributed by atoms with Crippen molar-refractivity contribution in [1.82, 2.24) is 20.0 Å². The van der Waals surface area contributed by atoms with Crippen LogP contribution in [0.25, 0.3) is 0 Å². The Morgan fingerprint density at radius 2 is 1.89 bits per heavy atom. The van der Waals surface area contributed by atoms with Gasteiger partial charge in [0, 0.05) is 31.7 Å². The first-order valence-corrected chi connectivity index (χ1v) is 10.2. The number of aryl methyl sites for hydroxylation is 1. The van der Waals surface area contributed by atoms with Gasteiger partial charge in [-0.05, 0) is 50.9 Å². The van der Waals surface area contributed by atoms with Crippen LogP contribution in [0.5, 0.6) is 0 Å². The van der Waals surface area contributed by atoms with Crippen molar-refractivity contribution < 1.29 is 14.7 Å². The van der Waals surface area contributed by atoms with Crippen molar-refractivity contribution in [2.24, 2.45) is 24.8 Å². The number of nitrogens with one attached hydrogen (secondary N) is 1. The molecule has 0 aromatic carbocycles. The number of aromatic nitrogens is 2. The first-order valence-electron chi connectivity index (χ1n) is 10.2. The van der Waals surface area contributed by atoms with Gasteiger partial charge in [0.15, 0.2) is 0 Å². The Morgan fingerprint density at radius 3 is 2.52 bits per heavy atom. The van der Waals surface area contributed by atoms with E-state index >= 15 is 0 Å². The van der Waals surface area contributed by atoms with E-state index in [1.165, 1.54) is 19.3 Å². The minimum Gasteiger partial charge on any atom is -0.391 e. The third kappa shape index (κ3) is 3.49. The molecule has 3 fully saturated rings. The number of hydrogen-bond donors (Lipinski definition) is 2. The maximum absolute atomic E-state index is 13.0. The number of amides is 2. The van der Waals surface area contributed by atoms with Gasteiger partial charge in [0.2, 0.25) is 5.91 Å². The second-order valence-corrected chi connectivity index (χ2v) is 8.62. The maximum Gasteiger partial charge on any atom is 0.255 e. The summed E-state index contributed by atoms with van der Waals surface area (Å²) >= 11 is 0. The topological polar surface area (TPSA) is 87.5 Å². The summed E-state index contributed by atoms with van der Waals surface area (Å²) in [5.74, 6) is 1.26. The van der Waals surface area contributed by atoms with Crippen molar-refractivity contribution >= 4 is 11.8 Å². The normalized spacial score (nSPS) is 33.1. The molecule has 148 valence electrons. The van der Waals surface area contributed by atoms with Crippen LogP contribution in [0.2, 0.25) is 0 Å². The van der Waals surface area contributed by atoms with Gasteiger partial charge in [0.1, 0.15) is 0 Å². The van der Waals surface area contributed by atoms with Gasteiger partial charge >= 0.3 is 0 Å². The van der Waals surface area contributed by atoms with Crippen LogP contribution in [-0.2, 0) is 11.8 Å². The standard InChI is InChI=1S/C20H30N4O3/c1-12-16(9-21-23(12)2)19(26)22-17-8-13(6-7-18(17)25)20(27)24-10-14-4-3-5-15(14)11-24/h9,13-15,17-18,25H,3-8,10-11H2,1-2H3,(H,22,26)/t13-,14-,15+,17+,18+/m0/s1. The zero-order valence-electron chi connectivity index (χ0n) is 16.2. The minimum atomic E-state index is -0.604. The van der Waals surface area contributed by atoms with E-state index in [-0.39, 0.29) is 23.8 Å². The fraction of sp³-hybridized carbons (Fsp3) is 0.750. The Kier molecular flexibility index (Phi) is 4.97. The highest BCUT2D eigenvalue weighted by atomic mass is 16.3. The van der Waals surface area contributed by atoms with Crippen molar-refractivity contribution in [1.29, 1.82) is 0 Å². The quantitative estimate of drug-likeness (QED) is 0.833. The number of aliphatic hydroxyl groups is 1. The zero-order chi connectivity index (χ0) is 19.1. The van der Waals surface area contributed by atoms with Crippen molar-refractivity contribution in [2.45, 2.75) is 57.6 Å². The van der Waals surface area contributed by atoms with Crippen LogP contribution in [0.15, 0.2) is 6.20 Å². The molecule has 3 aliphatic rings. The molecule has 1 saturated heterocycles. The first-order chi connectivity index (χ1) is 12.9. The Bertz CT molecular complexity index is 719. The van der Waals surface area contributed by atoms with Crippen LogP contribution in [0.4, 0.5) is 0 Å².